The number of esters is 1. The van der Waals surface area contributed by atoms with Crippen LogP contribution in [-0.4, -0.2) is 27.9 Å². The smallest absolute Gasteiger partial charge is 0.326 e. The average molecular weight is 336 g/mol. The van der Waals surface area contributed by atoms with E-state index in [1.54, 1.807) is 12.1 Å². The number of aryl methyl sites for hydroxylation is 2. The van der Waals surface area contributed by atoms with E-state index in [1.807, 2.05) is 54.8 Å². The topological polar surface area (TPSA) is 61.2 Å². The van der Waals surface area contributed by atoms with E-state index in [2.05, 4.69) is 4.98 Å². The van der Waals surface area contributed by atoms with Crippen molar-refractivity contribution in [1.82, 2.24) is 9.55 Å². The molecule has 0 atom stereocenters. The molecule has 3 aromatic rings. The van der Waals surface area contributed by atoms with E-state index in [-0.39, 0.29) is 18.9 Å². The van der Waals surface area contributed by atoms with Gasteiger partial charge in [-0.05, 0) is 19.1 Å². The van der Waals surface area contributed by atoms with Gasteiger partial charge in [-0.3, -0.25) is 9.59 Å². The largest absolute Gasteiger partial charge is 0.456 e. The van der Waals surface area contributed by atoms with E-state index < -0.39 is 5.97 Å². The van der Waals surface area contributed by atoms with Gasteiger partial charge in [-0.2, -0.15) is 0 Å². The molecule has 0 N–H and O–H groups in total. The van der Waals surface area contributed by atoms with Crippen LogP contribution in [0.4, 0.5) is 0 Å². The summed E-state index contributed by atoms with van der Waals surface area (Å²) in [6, 6.07) is 14.9. The molecule has 0 unspecified atom stereocenters. The molecule has 1 aromatic heterocycles. The van der Waals surface area contributed by atoms with Crippen LogP contribution in [0, 0.1) is 6.92 Å². The molecule has 0 aliphatic heterocycles. The maximum absolute atomic E-state index is 12.2. The lowest BCUT2D eigenvalue weighted by Gasteiger charge is -2.08. The second-order valence-corrected chi connectivity index (χ2v) is 5.91. The standard InChI is InChI=1S/C20H20N2O3/c1-3-19-21-16-6-4-5-7-17(16)22(19)12-20(24)25-13-18(23)15-10-8-14(2)9-11-15/h4-11H,3,12-13H2,1-2H3. The zero-order valence-electron chi connectivity index (χ0n) is 14.4. The number of aromatic nitrogens is 2. The summed E-state index contributed by atoms with van der Waals surface area (Å²) < 4.78 is 7.01. The zero-order valence-corrected chi connectivity index (χ0v) is 14.4. The molecule has 0 amide bonds. The van der Waals surface area contributed by atoms with Crippen molar-refractivity contribution in [1.29, 1.82) is 0 Å². The molecule has 25 heavy (non-hydrogen) atoms. The van der Waals surface area contributed by atoms with Gasteiger partial charge in [-0.25, -0.2) is 4.98 Å². The SMILES string of the molecule is CCc1nc2ccccc2n1CC(=O)OCC(=O)c1ccc(C)cc1. The molecule has 128 valence electrons. The Labute approximate surface area is 146 Å². The fourth-order valence-corrected chi connectivity index (χ4v) is 2.72. The van der Waals surface area contributed by atoms with Gasteiger partial charge in [-0.15, -0.1) is 0 Å². The van der Waals surface area contributed by atoms with Crippen molar-refractivity contribution in [3.8, 4) is 0 Å². The lowest BCUT2D eigenvalue weighted by atomic mass is 10.1. The fourth-order valence-electron chi connectivity index (χ4n) is 2.72. The summed E-state index contributed by atoms with van der Waals surface area (Å²) in [6.45, 7) is 3.74. The molecular weight excluding hydrogens is 316 g/mol. The Morgan fingerprint density at radius 1 is 1.08 bits per heavy atom. The summed E-state index contributed by atoms with van der Waals surface area (Å²) in [6.07, 6.45) is 0.713. The first-order chi connectivity index (χ1) is 12.1. The van der Waals surface area contributed by atoms with Gasteiger partial charge in [0.25, 0.3) is 0 Å². The Bertz CT molecular complexity index is 910. The minimum atomic E-state index is -0.446. The van der Waals surface area contributed by atoms with Gasteiger partial charge < -0.3 is 9.30 Å². The first-order valence-electron chi connectivity index (χ1n) is 8.28. The summed E-state index contributed by atoms with van der Waals surface area (Å²) in [5, 5.41) is 0. The Kier molecular flexibility index (Phi) is 4.93. The third kappa shape index (κ3) is 3.76. The van der Waals surface area contributed by atoms with Crippen molar-refractivity contribution < 1.29 is 14.3 Å². The third-order valence-corrected chi connectivity index (χ3v) is 4.07. The van der Waals surface area contributed by atoms with Crippen LogP contribution >= 0.6 is 0 Å². The molecule has 5 nitrogen and oxygen atoms in total. The lowest BCUT2D eigenvalue weighted by Crippen LogP contribution is -2.19. The Hall–Kier alpha value is -2.95. The number of hydrogen-bond acceptors (Lipinski definition) is 4. The van der Waals surface area contributed by atoms with Crippen LogP contribution in [-0.2, 0) is 22.5 Å². The van der Waals surface area contributed by atoms with E-state index >= 15 is 0 Å². The van der Waals surface area contributed by atoms with E-state index in [4.69, 9.17) is 4.74 Å². The van der Waals surface area contributed by atoms with Crippen LogP contribution in [0.1, 0.15) is 28.7 Å². The van der Waals surface area contributed by atoms with Crippen molar-refractivity contribution in [2.24, 2.45) is 0 Å². The number of carbonyl (C=O) groups excluding carboxylic acids is 2. The summed E-state index contributed by atoms with van der Waals surface area (Å²) in [5.74, 6) is 0.167. The number of imidazole rings is 1. The molecule has 3 rings (SSSR count). The van der Waals surface area contributed by atoms with Gasteiger partial charge in [-0.1, -0.05) is 48.9 Å². The van der Waals surface area contributed by atoms with Gasteiger partial charge in [0.2, 0.25) is 0 Å². The summed E-state index contributed by atoms with van der Waals surface area (Å²) in [7, 11) is 0. The molecule has 0 radical (unpaired) electrons. The van der Waals surface area contributed by atoms with Crippen LogP contribution in [0.3, 0.4) is 0 Å². The molecule has 0 aliphatic rings. The molecule has 0 aliphatic carbocycles. The van der Waals surface area contributed by atoms with Gasteiger partial charge in [0.1, 0.15) is 12.4 Å². The second kappa shape index (κ2) is 7.30. The number of fused-ring (bicyclic) bond motifs is 1. The number of Topliss-reactive ketones (excluding diaryl/α,β-unsaturated/α-hetero) is 1. The molecule has 0 saturated carbocycles. The average Bonchev–Trinajstić information content (AvgIpc) is 2.98. The highest BCUT2D eigenvalue weighted by Crippen LogP contribution is 2.16. The maximum atomic E-state index is 12.2. The Balaban J connectivity index is 1.67. The van der Waals surface area contributed by atoms with Crippen LogP contribution in [0.25, 0.3) is 11.0 Å². The van der Waals surface area contributed by atoms with Crippen molar-refractivity contribution in [2.45, 2.75) is 26.8 Å². The number of nitrogens with zero attached hydrogens (tertiary/aromatic N) is 2. The number of carbonyl (C=O) groups is 2. The Morgan fingerprint density at radius 3 is 2.52 bits per heavy atom. The number of benzene rings is 2. The number of ether oxygens (including phenoxy) is 1. The quantitative estimate of drug-likeness (QED) is 0.512. The first kappa shape index (κ1) is 16.9. The third-order valence-electron chi connectivity index (χ3n) is 4.07. The van der Waals surface area contributed by atoms with E-state index in [1.165, 1.54) is 0 Å². The van der Waals surface area contributed by atoms with Gasteiger partial charge in [0.15, 0.2) is 12.4 Å². The monoisotopic (exact) mass is 336 g/mol. The van der Waals surface area contributed by atoms with Gasteiger partial charge in [0, 0.05) is 12.0 Å². The highest BCUT2D eigenvalue weighted by molar-refractivity contribution is 5.98. The fraction of sp³-hybridized carbons (Fsp3) is 0.250. The molecule has 2 aromatic carbocycles. The molecule has 0 fully saturated rings. The van der Waals surface area contributed by atoms with Gasteiger partial charge >= 0.3 is 5.97 Å². The van der Waals surface area contributed by atoms with Crippen LogP contribution in [0.5, 0.6) is 0 Å². The minimum Gasteiger partial charge on any atom is -0.456 e. The van der Waals surface area contributed by atoms with Crippen LogP contribution < -0.4 is 0 Å². The zero-order chi connectivity index (χ0) is 17.8. The number of rotatable bonds is 6. The first-order valence-corrected chi connectivity index (χ1v) is 8.28. The Morgan fingerprint density at radius 2 is 1.80 bits per heavy atom. The van der Waals surface area contributed by atoms with Crippen molar-refractivity contribution in [3.63, 3.8) is 0 Å². The predicted octanol–water partition coefficient (Wildman–Crippen LogP) is 3.33. The van der Waals surface area contributed by atoms with Crippen molar-refractivity contribution in [2.75, 3.05) is 6.61 Å². The molecule has 0 spiro atoms. The highest BCUT2D eigenvalue weighted by Gasteiger charge is 2.15. The molecule has 0 bridgehead atoms. The highest BCUT2D eigenvalue weighted by atomic mass is 16.5. The minimum absolute atomic E-state index is 0.0465. The predicted molar refractivity (Wildman–Crippen MR) is 95.6 cm³/mol. The molecular formula is C20H20N2O3. The number of para-hydroxylation sites is 2. The molecule has 0 saturated heterocycles. The second-order valence-electron chi connectivity index (χ2n) is 5.91. The van der Waals surface area contributed by atoms with E-state index in [0.29, 0.717) is 12.0 Å². The normalized spacial score (nSPS) is 10.8. The summed E-state index contributed by atoms with van der Waals surface area (Å²) in [4.78, 5) is 28.8. The lowest BCUT2D eigenvalue weighted by molar-refractivity contribution is -0.143. The van der Waals surface area contributed by atoms with Crippen LogP contribution in [0.2, 0.25) is 0 Å². The molecule has 5 heteroatoms. The van der Waals surface area contributed by atoms with E-state index in [0.717, 1.165) is 22.4 Å². The maximum Gasteiger partial charge on any atom is 0.326 e. The van der Waals surface area contributed by atoms with Crippen molar-refractivity contribution in [3.05, 3.63) is 65.5 Å². The van der Waals surface area contributed by atoms with Crippen molar-refractivity contribution >= 4 is 22.8 Å². The summed E-state index contributed by atoms with van der Waals surface area (Å²) in [5.41, 5.74) is 3.36. The number of ketones is 1. The molecule has 1 heterocycles. The van der Waals surface area contributed by atoms with E-state index in [9.17, 15) is 9.59 Å². The number of hydrogen-bond donors (Lipinski definition) is 0. The van der Waals surface area contributed by atoms with Gasteiger partial charge in [0.05, 0.1) is 11.0 Å². The summed E-state index contributed by atoms with van der Waals surface area (Å²) >= 11 is 0. The van der Waals surface area contributed by atoms with Crippen LogP contribution in [0.15, 0.2) is 48.5 Å².